The van der Waals surface area contributed by atoms with Gasteiger partial charge in [0.15, 0.2) is 5.03 Å². The van der Waals surface area contributed by atoms with E-state index in [1.54, 1.807) is 0 Å². The maximum Gasteiger partial charge on any atom is 0.337 e. The number of hydrogen-bond acceptors (Lipinski definition) is 4. The van der Waals surface area contributed by atoms with E-state index in [2.05, 4.69) is 16.6 Å². The second-order valence-electron chi connectivity index (χ2n) is 4.94. The van der Waals surface area contributed by atoms with Crippen molar-refractivity contribution in [1.82, 2.24) is 9.71 Å². The molecular weight excluding hydrogens is 292 g/mol. The van der Waals surface area contributed by atoms with Crippen LogP contribution in [0.2, 0.25) is 0 Å². The molecule has 0 radical (unpaired) electrons. The maximum atomic E-state index is 12.2. The van der Waals surface area contributed by atoms with Gasteiger partial charge in [-0.05, 0) is 25.0 Å². The van der Waals surface area contributed by atoms with E-state index < -0.39 is 16.0 Å². The Morgan fingerprint density at radius 1 is 1.29 bits per heavy atom. The van der Waals surface area contributed by atoms with E-state index in [0.717, 1.165) is 38.3 Å². The molecule has 6 nitrogen and oxygen atoms in total. The molecule has 0 spiro atoms. The molecule has 0 fully saturated rings. The van der Waals surface area contributed by atoms with Crippen LogP contribution in [0.25, 0.3) is 0 Å². The minimum Gasteiger partial charge on any atom is -0.478 e. The van der Waals surface area contributed by atoms with Crippen LogP contribution in [-0.4, -0.2) is 30.5 Å². The molecule has 7 heteroatoms. The average molecular weight is 314 g/mol. The normalized spacial score (nSPS) is 13.0. The summed E-state index contributed by atoms with van der Waals surface area (Å²) in [7, 11) is -3.71. The van der Waals surface area contributed by atoms with Crippen LogP contribution in [0, 0.1) is 0 Å². The fourth-order valence-electron chi connectivity index (χ4n) is 2.01. The highest BCUT2D eigenvalue weighted by molar-refractivity contribution is 7.89. The summed E-state index contributed by atoms with van der Waals surface area (Å²) in [6.45, 7) is 4.07. The molecular formula is C14H22N2O4S. The van der Waals surface area contributed by atoms with Gasteiger partial charge in [0.25, 0.3) is 10.0 Å². The highest BCUT2D eigenvalue weighted by Crippen LogP contribution is 2.12. The van der Waals surface area contributed by atoms with Crippen molar-refractivity contribution < 1.29 is 18.3 Å². The van der Waals surface area contributed by atoms with Gasteiger partial charge in [0.2, 0.25) is 0 Å². The SMILES string of the molecule is CCCCC(CCC)NS(=O)(=O)c1ccc(C(=O)O)cn1. The Kier molecular flexibility index (Phi) is 6.77. The lowest BCUT2D eigenvalue weighted by Gasteiger charge is -2.17. The number of unbranched alkanes of at least 4 members (excludes halogenated alkanes) is 1. The van der Waals surface area contributed by atoms with Crippen molar-refractivity contribution in [2.45, 2.75) is 57.0 Å². The quantitative estimate of drug-likeness (QED) is 0.729. The van der Waals surface area contributed by atoms with Crippen LogP contribution in [0.4, 0.5) is 0 Å². The van der Waals surface area contributed by atoms with Gasteiger partial charge in [0.1, 0.15) is 0 Å². The van der Waals surface area contributed by atoms with E-state index in [4.69, 9.17) is 5.11 Å². The third kappa shape index (κ3) is 5.43. The number of sulfonamides is 1. The van der Waals surface area contributed by atoms with Crippen molar-refractivity contribution in [3.63, 3.8) is 0 Å². The van der Waals surface area contributed by atoms with Crippen LogP contribution in [0.5, 0.6) is 0 Å². The van der Waals surface area contributed by atoms with Crippen LogP contribution in [0.3, 0.4) is 0 Å². The first-order chi connectivity index (χ1) is 9.90. The van der Waals surface area contributed by atoms with Gasteiger partial charge in [-0.3, -0.25) is 0 Å². The lowest BCUT2D eigenvalue weighted by atomic mass is 10.1. The summed E-state index contributed by atoms with van der Waals surface area (Å²) in [6.07, 6.45) is 5.47. The molecule has 0 aliphatic rings. The van der Waals surface area contributed by atoms with E-state index in [9.17, 15) is 13.2 Å². The third-order valence-corrected chi connectivity index (χ3v) is 4.56. The summed E-state index contributed by atoms with van der Waals surface area (Å²) in [5.41, 5.74) is -0.0370. The molecule has 1 unspecified atom stereocenters. The minimum absolute atomic E-state index is 0.0370. The second-order valence-corrected chi connectivity index (χ2v) is 6.60. The van der Waals surface area contributed by atoms with Crippen LogP contribution in [0.15, 0.2) is 23.4 Å². The second kappa shape index (κ2) is 8.09. The van der Waals surface area contributed by atoms with Crippen molar-refractivity contribution in [3.8, 4) is 0 Å². The number of carbonyl (C=O) groups is 1. The van der Waals surface area contributed by atoms with Crippen molar-refractivity contribution >= 4 is 16.0 Å². The fourth-order valence-corrected chi connectivity index (χ4v) is 3.24. The Balaban J connectivity index is 2.85. The number of aromatic nitrogens is 1. The molecule has 0 saturated carbocycles. The van der Waals surface area contributed by atoms with Gasteiger partial charge in [-0.15, -0.1) is 0 Å². The predicted molar refractivity (Wildman–Crippen MR) is 79.7 cm³/mol. The Hall–Kier alpha value is -1.47. The lowest BCUT2D eigenvalue weighted by Crippen LogP contribution is -2.35. The zero-order chi connectivity index (χ0) is 15.9. The number of aromatic carboxylic acids is 1. The highest BCUT2D eigenvalue weighted by atomic mass is 32.2. The summed E-state index contributed by atoms with van der Waals surface area (Å²) < 4.78 is 27.1. The van der Waals surface area contributed by atoms with Crippen LogP contribution >= 0.6 is 0 Å². The summed E-state index contributed by atoms with van der Waals surface area (Å²) in [4.78, 5) is 14.5. The summed E-state index contributed by atoms with van der Waals surface area (Å²) in [6, 6.07) is 2.35. The maximum absolute atomic E-state index is 12.2. The predicted octanol–water partition coefficient (Wildman–Crippen LogP) is 2.42. The summed E-state index contributed by atoms with van der Waals surface area (Å²) in [5, 5.41) is 8.64. The standard InChI is InChI=1S/C14H22N2O4S/c1-3-5-7-12(6-4-2)16-21(19,20)13-9-8-11(10-15-13)14(17)18/h8-10,12,16H,3-7H2,1-2H3,(H,17,18). The van der Waals surface area contributed by atoms with Crippen molar-refractivity contribution in [2.75, 3.05) is 0 Å². The van der Waals surface area contributed by atoms with Gasteiger partial charge in [0.05, 0.1) is 5.56 Å². The molecule has 2 N–H and O–H groups in total. The molecule has 0 aromatic carbocycles. The first kappa shape index (κ1) is 17.6. The van der Waals surface area contributed by atoms with Gasteiger partial charge >= 0.3 is 5.97 Å². The topological polar surface area (TPSA) is 96.4 Å². The molecule has 0 aliphatic heterocycles. The molecule has 1 rings (SSSR count). The molecule has 1 heterocycles. The number of nitrogens with one attached hydrogen (secondary N) is 1. The Labute approximate surface area is 125 Å². The molecule has 118 valence electrons. The first-order valence-corrected chi connectivity index (χ1v) is 8.60. The number of pyridine rings is 1. The molecule has 1 aromatic heterocycles. The number of carboxylic acids is 1. The van der Waals surface area contributed by atoms with Gasteiger partial charge in [-0.2, -0.15) is 0 Å². The van der Waals surface area contributed by atoms with E-state index in [1.807, 2.05) is 6.92 Å². The van der Waals surface area contributed by atoms with Gasteiger partial charge < -0.3 is 5.11 Å². The Bertz CT molecular complexity index is 555. The zero-order valence-corrected chi connectivity index (χ0v) is 13.2. The Morgan fingerprint density at radius 2 is 2.00 bits per heavy atom. The summed E-state index contributed by atoms with van der Waals surface area (Å²) in [5.74, 6) is -1.13. The number of nitrogens with zero attached hydrogens (tertiary/aromatic N) is 1. The number of carboxylic acid groups (broad SMARTS) is 1. The van der Waals surface area contributed by atoms with Gasteiger partial charge in [-0.25, -0.2) is 22.9 Å². The smallest absolute Gasteiger partial charge is 0.337 e. The zero-order valence-electron chi connectivity index (χ0n) is 12.4. The van der Waals surface area contributed by atoms with Gasteiger partial charge in [-0.1, -0.05) is 33.1 Å². The van der Waals surface area contributed by atoms with Gasteiger partial charge in [0, 0.05) is 12.2 Å². The Morgan fingerprint density at radius 3 is 2.48 bits per heavy atom. The molecule has 21 heavy (non-hydrogen) atoms. The molecule has 0 saturated heterocycles. The average Bonchev–Trinajstić information content (AvgIpc) is 2.45. The first-order valence-electron chi connectivity index (χ1n) is 7.12. The molecule has 0 bridgehead atoms. The van der Waals surface area contributed by atoms with Crippen molar-refractivity contribution in [2.24, 2.45) is 0 Å². The molecule has 1 aromatic rings. The fraction of sp³-hybridized carbons (Fsp3) is 0.571. The van der Waals surface area contributed by atoms with Crippen molar-refractivity contribution in [3.05, 3.63) is 23.9 Å². The van der Waals surface area contributed by atoms with E-state index in [1.165, 1.54) is 12.1 Å². The monoisotopic (exact) mass is 314 g/mol. The molecule has 1 atom stereocenters. The highest BCUT2D eigenvalue weighted by Gasteiger charge is 2.21. The van der Waals surface area contributed by atoms with E-state index >= 15 is 0 Å². The van der Waals surface area contributed by atoms with Crippen LogP contribution in [-0.2, 0) is 10.0 Å². The van der Waals surface area contributed by atoms with E-state index in [0.29, 0.717) is 0 Å². The minimum atomic E-state index is -3.71. The van der Waals surface area contributed by atoms with Crippen LogP contribution in [0.1, 0.15) is 56.3 Å². The molecule has 0 amide bonds. The van der Waals surface area contributed by atoms with Crippen LogP contribution < -0.4 is 4.72 Å². The van der Waals surface area contributed by atoms with E-state index in [-0.39, 0.29) is 16.6 Å². The largest absolute Gasteiger partial charge is 0.478 e. The number of rotatable bonds is 9. The molecule has 0 aliphatic carbocycles. The van der Waals surface area contributed by atoms with Crippen molar-refractivity contribution in [1.29, 1.82) is 0 Å². The number of hydrogen-bond donors (Lipinski definition) is 2. The third-order valence-electron chi connectivity index (χ3n) is 3.12. The lowest BCUT2D eigenvalue weighted by molar-refractivity contribution is 0.0696. The summed E-state index contributed by atoms with van der Waals surface area (Å²) >= 11 is 0.